The van der Waals surface area contributed by atoms with Crippen LogP contribution in [0.2, 0.25) is 0 Å². The minimum absolute atomic E-state index is 0.143. The smallest absolute Gasteiger partial charge is 0.363 e. The minimum atomic E-state index is -0.510. The second kappa shape index (κ2) is 5.27. The Bertz CT molecular complexity index is 535. The number of nitro groups is 1. The van der Waals surface area contributed by atoms with Crippen LogP contribution in [0.3, 0.4) is 0 Å². The first kappa shape index (κ1) is 12.0. The van der Waals surface area contributed by atoms with Crippen molar-refractivity contribution in [1.82, 2.24) is 4.98 Å². The summed E-state index contributed by atoms with van der Waals surface area (Å²) >= 11 is 0. The number of pyridine rings is 1. The van der Waals surface area contributed by atoms with E-state index < -0.39 is 4.92 Å². The largest absolute Gasteiger partial charge is 0.378 e. The summed E-state index contributed by atoms with van der Waals surface area (Å²) in [6.45, 7) is 2.71. The molecule has 18 heavy (non-hydrogen) atoms. The number of nitrogens with zero attached hydrogens (tertiary/aromatic N) is 2. The van der Waals surface area contributed by atoms with Crippen LogP contribution in [0.5, 0.6) is 0 Å². The highest BCUT2D eigenvalue weighted by atomic mass is 16.6. The van der Waals surface area contributed by atoms with Crippen molar-refractivity contribution < 1.29 is 4.92 Å². The van der Waals surface area contributed by atoms with E-state index in [0.29, 0.717) is 6.54 Å². The zero-order chi connectivity index (χ0) is 13.0. The van der Waals surface area contributed by atoms with Crippen molar-refractivity contribution in [2.24, 2.45) is 0 Å². The summed E-state index contributed by atoms with van der Waals surface area (Å²) in [5, 5.41) is 13.6. The van der Waals surface area contributed by atoms with Crippen molar-refractivity contribution in [3.05, 3.63) is 63.8 Å². The van der Waals surface area contributed by atoms with Crippen LogP contribution in [-0.4, -0.2) is 9.91 Å². The van der Waals surface area contributed by atoms with Gasteiger partial charge in [0.15, 0.2) is 6.20 Å². The van der Waals surface area contributed by atoms with Crippen LogP contribution >= 0.6 is 0 Å². The van der Waals surface area contributed by atoms with Crippen molar-refractivity contribution in [2.75, 3.05) is 5.32 Å². The molecule has 92 valence electrons. The molecule has 0 aliphatic carbocycles. The first-order chi connectivity index (χ1) is 8.65. The molecule has 0 saturated heterocycles. The van der Waals surface area contributed by atoms with Crippen molar-refractivity contribution >= 4 is 11.5 Å². The lowest BCUT2D eigenvalue weighted by Crippen LogP contribution is -2.00. The van der Waals surface area contributed by atoms with Gasteiger partial charge in [-0.2, -0.15) is 0 Å². The van der Waals surface area contributed by atoms with E-state index in [1.54, 1.807) is 6.07 Å². The van der Waals surface area contributed by atoms with Gasteiger partial charge in [-0.05, 0) is 28.5 Å². The second-order valence-corrected chi connectivity index (χ2v) is 4.00. The van der Waals surface area contributed by atoms with Crippen LogP contribution in [-0.2, 0) is 6.54 Å². The molecular weight excluding hydrogens is 230 g/mol. The molecule has 2 rings (SSSR count). The first-order valence-corrected chi connectivity index (χ1v) is 5.55. The number of nitrogens with one attached hydrogen (secondary N) is 1. The molecule has 1 aromatic heterocycles. The molecule has 0 saturated carbocycles. The Balaban J connectivity index is 1.97. The first-order valence-electron chi connectivity index (χ1n) is 5.55. The van der Waals surface area contributed by atoms with Gasteiger partial charge in [0.05, 0.1) is 5.69 Å². The fourth-order valence-corrected chi connectivity index (χ4v) is 1.51. The topological polar surface area (TPSA) is 68.1 Å². The van der Waals surface area contributed by atoms with Crippen molar-refractivity contribution in [2.45, 2.75) is 13.5 Å². The van der Waals surface area contributed by atoms with Crippen LogP contribution < -0.4 is 5.32 Å². The number of benzene rings is 1. The molecule has 5 nitrogen and oxygen atoms in total. The molecule has 0 amide bonds. The van der Waals surface area contributed by atoms with E-state index in [-0.39, 0.29) is 5.82 Å². The van der Waals surface area contributed by atoms with Gasteiger partial charge >= 0.3 is 5.82 Å². The highest BCUT2D eigenvalue weighted by Gasteiger charge is 2.05. The Kier molecular flexibility index (Phi) is 3.52. The lowest BCUT2D eigenvalue weighted by atomic mass is 10.1. The molecule has 2 aromatic rings. The minimum Gasteiger partial charge on any atom is -0.378 e. The molecule has 0 atom stereocenters. The van der Waals surface area contributed by atoms with Gasteiger partial charge in [0.2, 0.25) is 0 Å². The number of anilines is 1. The number of aryl methyl sites for hydroxylation is 1. The van der Waals surface area contributed by atoms with Gasteiger partial charge in [0.25, 0.3) is 0 Å². The normalized spacial score (nSPS) is 10.1. The Morgan fingerprint density at radius 1 is 1.22 bits per heavy atom. The lowest BCUT2D eigenvalue weighted by molar-refractivity contribution is -0.389. The summed E-state index contributed by atoms with van der Waals surface area (Å²) in [6.07, 6.45) is 1.46. The van der Waals surface area contributed by atoms with Gasteiger partial charge in [0.1, 0.15) is 0 Å². The highest BCUT2D eigenvalue weighted by Crippen LogP contribution is 2.12. The van der Waals surface area contributed by atoms with E-state index in [4.69, 9.17) is 0 Å². The summed E-state index contributed by atoms with van der Waals surface area (Å²) in [6, 6.07) is 11.2. The van der Waals surface area contributed by atoms with E-state index in [2.05, 4.69) is 10.3 Å². The molecule has 0 fully saturated rings. The summed E-state index contributed by atoms with van der Waals surface area (Å²) < 4.78 is 0. The van der Waals surface area contributed by atoms with Gasteiger partial charge in [0, 0.05) is 12.6 Å². The van der Waals surface area contributed by atoms with E-state index in [9.17, 15) is 10.1 Å². The molecule has 0 aliphatic heterocycles. The van der Waals surface area contributed by atoms with Crippen molar-refractivity contribution in [3.63, 3.8) is 0 Å². The number of hydrogen-bond acceptors (Lipinski definition) is 4. The summed E-state index contributed by atoms with van der Waals surface area (Å²) in [5.74, 6) is -0.143. The van der Waals surface area contributed by atoms with E-state index >= 15 is 0 Å². The van der Waals surface area contributed by atoms with E-state index in [1.807, 2.05) is 31.2 Å². The third kappa shape index (κ3) is 3.04. The third-order valence-corrected chi connectivity index (χ3v) is 2.55. The highest BCUT2D eigenvalue weighted by molar-refractivity contribution is 5.44. The number of hydrogen-bond donors (Lipinski definition) is 1. The molecule has 1 N–H and O–H groups in total. The van der Waals surface area contributed by atoms with Crippen molar-refractivity contribution in [1.29, 1.82) is 0 Å². The Labute approximate surface area is 105 Å². The van der Waals surface area contributed by atoms with Crippen LogP contribution in [0.1, 0.15) is 11.1 Å². The van der Waals surface area contributed by atoms with Crippen LogP contribution in [0.25, 0.3) is 0 Å². The van der Waals surface area contributed by atoms with E-state index in [0.717, 1.165) is 11.3 Å². The molecule has 0 unspecified atom stereocenters. The molecule has 0 spiro atoms. The Morgan fingerprint density at radius 2 is 1.94 bits per heavy atom. The average Bonchev–Trinajstić information content (AvgIpc) is 2.38. The molecule has 0 bridgehead atoms. The monoisotopic (exact) mass is 243 g/mol. The third-order valence-electron chi connectivity index (χ3n) is 2.55. The zero-order valence-electron chi connectivity index (χ0n) is 9.96. The molecular formula is C13H13N3O2. The van der Waals surface area contributed by atoms with Crippen LogP contribution in [0.15, 0.2) is 42.6 Å². The van der Waals surface area contributed by atoms with Crippen molar-refractivity contribution in [3.8, 4) is 0 Å². The zero-order valence-corrected chi connectivity index (χ0v) is 9.96. The predicted octanol–water partition coefficient (Wildman–Crippen LogP) is 2.91. The predicted molar refractivity (Wildman–Crippen MR) is 69.4 cm³/mol. The summed E-state index contributed by atoms with van der Waals surface area (Å²) in [7, 11) is 0. The van der Waals surface area contributed by atoms with E-state index in [1.165, 1.54) is 17.8 Å². The van der Waals surface area contributed by atoms with Gasteiger partial charge in [-0.15, -0.1) is 0 Å². The maximum atomic E-state index is 10.4. The SMILES string of the molecule is Cc1ccc(CNc2ccc([N+](=O)[O-])nc2)cc1. The standard InChI is InChI=1S/C13H13N3O2/c1-10-2-4-11(5-3-10)8-14-12-6-7-13(15-9-12)16(17)18/h2-7,9,14H,8H2,1H3. The fraction of sp³-hybridized carbons (Fsp3) is 0.154. The Hall–Kier alpha value is -2.43. The van der Waals surface area contributed by atoms with Gasteiger partial charge in [-0.1, -0.05) is 29.8 Å². The Morgan fingerprint density at radius 3 is 2.50 bits per heavy atom. The molecule has 0 radical (unpaired) electrons. The molecule has 1 heterocycles. The van der Waals surface area contributed by atoms with Gasteiger partial charge < -0.3 is 15.4 Å². The number of rotatable bonds is 4. The maximum absolute atomic E-state index is 10.4. The molecule has 1 aromatic carbocycles. The van der Waals surface area contributed by atoms with Gasteiger partial charge in [-0.3, -0.25) is 0 Å². The lowest BCUT2D eigenvalue weighted by Gasteiger charge is -2.05. The number of aromatic nitrogens is 1. The van der Waals surface area contributed by atoms with Crippen LogP contribution in [0, 0.1) is 17.0 Å². The molecule has 5 heteroatoms. The fourth-order valence-electron chi connectivity index (χ4n) is 1.51. The van der Waals surface area contributed by atoms with Crippen LogP contribution in [0.4, 0.5) is 11.5 Å². The average molecular weight is 243 g/mol. The van der Waals surface area contributed by atoms with Gasteiger partial charge in [-0.25, -0.2) is 0 Å². The summed E-state index contributed by atoms with van der Waals surface area (Å²) in [4.78, 5) is 13.7. The second-order valence-electron chi connectivity index (χ2n) is 4.00. The quantitative estimate of drug-likeness (QED) is 0.662. The summed E-state index contributed by atoms with van der Waals surface area (Å²) in [5.41, 5.74) is 3.14. The molecule has 0 aliphatic rings. The maximum Gasteiger partial charge on any atom is 0.363 e.